The van der Waals surface area contributed by atoms with E-state index in [1.165, 1.54) is 6.08 Å². The van der Waals surface area contributed by atoms with Gasteiger partial charge in [0.1, 0.15) is 18.4 Å². The first kappa shape index (κ1) is 23.4. The van der Waals surface area contributed by atoms with Crippen LogP contribution in [-0.2, 0) is 25.5 Å². The maximum Gasteiger partial charge on any atom is 0.417 e. The molecule has 1 saturated heterocycles. The number of cyclic esters (lactones) is 1. The smallest absolute Gasteiger partial charge is 0.417 e. The molecule has 34 heavy (non-hydrogen) atoms. The predicted octanol–water partition coefficient (Wildman–Crippen LogP) is 3.75. The lowest BCUT2D eigenvalue weighted by Crippen LogP contribution is -2.47. The van der Waals surface area contributed by atoms with Gasteiger partial charge in [0.2, 0.25) is 5.91 Å². The number of carbonyl (C=O) groups is 3. The molecule has 0 radical (unpaired) electrons. The van der Waals surface area contributed by atoms with Gasteiger partial charge in [0.15, 0.2) is 11.9 Å². The Hall–Kier alpha value is -3.71. The number of aliphatic hydroxyl groups excluding tert-OH is 1. The third kappa shape index (κ3) is 5.26. The topological polar surface area (TPSA) is 93.1 Å². The summed E-state index contributed by atoms with van der Waals surface area (Å²) in [5.41, 5.74) is 1.63. The van der Waals surface area contributed by atoms with Gasteiger partial charge >= 0.3 is 6.09 Å². The highest BCUT2D eigenvalue weighted by Crippen LogP contribution is 2.32. The summed E-state index contributed by atoms with van der Waals surface area (Å²) in [6.07, 6.45) is 4.30. The van der Waals surface area contributed by atoms with Gasteiger partial charge < -0.3 is 14.6 Å². The van der Waals surface area contributed by atoms with E-state index in [0.717, 1.165) is 16.0 Å². The second-order valence-corrected chi connectivity index (χ2v) is 8.25. The number of hydrogen-bond acceptors (Lipinski definition) is 6. The van der Waals surface area contributed by atoms with E-state index in [1.807, 2.05) is 60.7 Å². The van der Waals surface area contributed by atoms with Crippen LogP contribution in [0.25, 0.3) is 0 Å². The number of allylic oxidation sites excluding steroid dienone is 2. The molecule has 1 N–H and O–H groups in total. The molecule has 0 saturated carbocycles. The molecule has 1 fully saturated rings. The molecule has 0 unspecified atom stereocenters. The lowest BCUT2D eigenvalue weighted by atomic mass is 9.88. The number of aliphatic hydroxyl groups is 1. The van der Waals surface area contributed by atoms with Crippen molar-refractivity contribution in [2.45, 2.75) is 31.4 Å². The number of nitrogens with zero attached hydrogens (tertiary/aromatic N) is 1. The van der Waals surface area contributed by atoms with E-state index in [2.05, 4.69) is 0 Å². The van der Waals surface area contributed by atoms with E-state index in [0.29, 0.717) is 18.6 Å². The second-order valence-electron chi connectivity index (χ2n) is 8.25. The summed E-state index contributed by atoms with van der Waals surface area (Å²) >= 11 is 0. The summed E-state index contributed by atoms with van der Waals surface area (Å²) in [5.74, 6) is -1.31. The van der Waals surface area contributed by atoms with Crippen LogP contribution in [0.4, 0.5) is 4.79 Å². The van der Waals surface area contributed by atoms with Gasteiger partial charge in [0.05, 0.1) is 5.92 Å². The highest BCUT2D eigenvalue weighted by molar-refractivity contribution is 6.02. The molecule has 0 aliphatic carbocycles. The summed E-state index contributed by atoms with van der Waals surface area (Å²) < 4.78 is 11.2. The lowest BCUT2D eigenvalue weighted by Gasteiger charge is -2.31. The van der Waals surface area contributed by atoms with Crippen LogP contribution in [0.1, 0.15) is 30.0 Å². The standard InChI is InChI=1S/C27H27NO6/c29-16-8-7-13-21-14-15-24(30)25(34-21)22(17-19-9-3-1-4-10-19)26(31)28-23(18-33-27(28)32)20-11-5-2-6-12-20/h1-6,9-15,22-23,25,29H,7-8,16-18H2/t22-,23+,25-/m0/s1. The fourth-order valence-electron chi connectivity index (χ4n) is 4.19. The zero-order chi connectivity index (χ0) is 23.9. The van der Waals surface area contributed by atoms with Gasteiger partial charge in [0, 0.05) is 6.61 Å². The van der Waals surface area contributed by atoms with Crippen molar-refractivity contribution in [3.8, 4) is 0 Å². The van der Waals surface area contributed by atoms with E-state index in [9.17, 15) is 14.4 Å². The van der Waals surface area contributed by atoms with Crippen LogP contribution < -0.4 is 0 Å². The number of carbonyl (C=O) groups excluding carboxylic acids is 3. The Morgan fingerprint density at radius 1 is 1.06 bits per heavy atom. The molecule has 7 heteroatoms. The van der Waals surface area contributed by atoms with Gasteiger partial charge in [-0.15, -0.1) is 0 Å². The molecule has 2 amide bonds. The first-order chi connectivity index (χ1) is 16.6. The fourth-order valence-corrected chi connectivity index (χ4v) is 4.19. The Morgan fingerprint density at radius 2 is 1.76 bits per heavy atom. The van der Waals surface area contributed by atoms with E-state index in [4.69, 9.17) is 14.6 Å². The molecule has 4 rings (SSSR count). The maximum absolute atomic E-state index is 13.9. The van der Waals surface area contributed by atoms with Crippen LogP contribution in [0.3, 0.4) is 0 Å². The Balaban J connectivity index is 1.66. The van der Waals surface area contributed by atoms with Crippen LogP contribution in [0.5, 0.6) is 0 Å². The molecule has 2 aromatic carbocycles. The summed E-state index contributed by atoms with van der Waals surface area (Å²) in [6.45, 7) is 0.0985. The van der Waals surface area contributed by atoms with E-state index in [-0.39, 0.29) is 25.4 Å². The van der Waals surface area contributed by atoms with Crippen LogP contribution in [0, 0.1) is 5.92 Å². The number of amides is 2. The molecule has 0 spiro atoms. The molecule has 3 atom stereocenters. The highest BCUT2D eigenvalue weighted by Gasteiger charge is 2.46. The number of ether oxygens (including phenoxy) is 2. The molecule has 2 aromatic rings. The lowest BCUT2D eigenvalue weighted by molar-refractivity contribution is -0.143. The van der Waals surface area contributed by atoms with Crippen molar-refractivity contribution in [2.75, 3.05) is 13.2 Å². The number of rotatable bonds is 8. The van der Waals surface area contributed by atoms with E-state index >= 15 is 0 Å². The van der Waals surface area contributed by atoms with Crippen molar-refractivity contribution < 1.29 is 29.0 Å². The number of ketones is 1. The van der Waals surface area contributed by atoms with Gasteiger partial charge in [-0.3, -0.25) is 9.59 Å². The Bertz CT molecular complexity index is 1080. The molecule has 0 aromatic heterocycles. The first-order valence-corrected chi connectivity index (χ1v) is 11.4. The van der Waals surface area contributed by atoms with Gasteiger partial charge in [-0.05, 0) is 48.6 Å². The Morgan fingerprint density at radius 3 is 2.47 bits per heavy atom. The van der Waals surface area contributed by atoms with Gasteiger partial charge in [-0.1, -0.05) is 60.7 Å². The van der Waals surface area contributed by atoms with E-state index < -0.39 is 30.1 Å². The number of imide groups is 1. The number of unbranched alkanes of at least 4 members (excludes halogenated alkanes) is 1. The Kier molecular flexibility index (Phi) is 7.54. The van der Waals surface area contributed by atoms with Crippen LogP contribution >= 0.6 is 0 Å². The molecule has 176 valence electrons. The fraction of sp³-hybridized carbons (Fsp3) is 0.296. The monoisotopic (exact) mass is 461 g/mol. The molecule has 2 aliphatic heterocycles. The molecule has 2 heterocycles. The second kappa shape index (κ2) is 10.9. The number of hydrogen-bond donors (Lipinski definition) is 1. The summed E-state index contributed by atoms with van der Waals surface area (Å²) in [6, 6.07) is 18.0. The van der Waals surface area contributed by atoms with Gasteiger partial charge in [0.25, 0.3) is 0 Å². The highest BCUT2D eigenvalue weighted by atomic mass is 16.6. The summed E-state index contributed by atoms with van der Waals surface area (Å²) in [5, 5.41) is 9.04. The van der Waals surface area contributed by atoms with E-state index in [1.54, 1.807) is 12.2 Å². The molecule has 0 bridgehead atoms. The van der Waals surface area contributed by atoms with Crippen molar-refractivity contribution in [3.63, 3.8) is 0 Å². The van der Waals surface area contributed by atoms with Crippen molar-refractivity contribution in [2.24, 2.45) is 5.92 Å². The zero-order valence-electron chi connectivity index (χ0n) is 18.7. The quantitative estimate of drug-likeness (QED) is 0.602. The molecular weight excluding hydrogens is 434 g/mol. The SMILES string of the molecule is O=C1C=CC(=CCCCO)O[C@H]1[C@H](Cc1ccccc1)C(=O)N1C(=O)OC[C@@H]1c1ccccc1. The first-order valence-electron chi connectivity index (χ1n) is 11.4. The molecular formula is C27H27NO6. The average Bonchev–Trinajstić information content (AvgIpc) is 3.26. The average molecular weight is 462 g/mol. The van der Waals surface area contributed by atoms with Crippen LogP contribution in [0.2, 0.25) is 0 Å². The molecule has 7 nitrogen and oxygen atoms in total. The van der Waals surface area contributed by atoms with Gasteiger partial charge in [-0.2, -0.15) is 0 Å². The van der Waals surface area contributed by atoms with Crippen molar-refractivity contribution in [1.29, 1.82) is 0 Å². The minimum atomic E-state index is -1.08. The maximum atomic E-state index is 13.9. The van der Waals surface area contributed by atoms with Crippen molar-refractivity contribution in [1.82, 2.24) is 4.90 Å². The largest absolute Gasteiger partial charge is 0.482 e. The van der Waals surface area contributed by atoms with Gasteiger partial charge in [-0.25, -0.2) is 9.69 Å². The van der Waals surface area contributed by atoms with Crippen molar-refractivity contribution >= 4 is 17.8 Å². The predicted molar refractivity (Wildman–Crippen MR) is 124 cm³/mol. The minimum Gasteiger partial charge on any atom is -0.482 e. The summed E-state index contributed by atoms with van der Waals surface area (Å²) in [7, 11) is 0. The van der Waals surface area contributed by atoms with Crippen LogP contribution in [0.15, 0.2) is 84.7 Å². The minimum absolute atomic E-state index is 0.0446. The summed E-state index contributed by atoms with van der Waals surface area (Å²) in [4.78, 5) is 40.5. The zero-order valence-corrected chi connectivity index (χ0v) is 18.7. The number of benzene rings is 2. The molecule has 2 aliphatic rings. The third-order valence-corrected chi connectivity index (χ3v) is 5.94. The Labute approximate surface area is 198 Å². The van der Waals surface area contributed by atoms with Crippen molar-refractivity contribution in [3.05, 3.63) is 95.8 Å². The third-order valence-electron chi connectivity index (χ3n) is 5.94. The van der Waals surface area contributed by atoms with Crippen LogP contribution in [-0.4, -0.2) is 47.1 Å². The normalized spacial score (nSPS) is 21.9.